The van der Waals surface area contributed by atoms with Crippen LogP contribution in [-0.4, -0.2) is 25.3 Å². The lowest BCUT2D eigenvalue weighted by Crippen LogP contribution is -2.12. The van der Waals surface area contributed by atoms with Crippen LogP contribution in [-0.2, 0) is 16.2 Å². The zero-order chi connectivity index (χ0) is 20.3. The SMILES string of the molecule is COc1ccc2c(c1)oc1c(C(F)(F)F)nn(-c3ccc(S(N)(=O)=O)cc3)c12. The van der Waals surface area contributed by atoms with Crippen LogP contribution in [0, 0.1) is 0 Å². The Morgan fingerprint density at radius 1 is 1.14 bits per heavy atom. The van der Waals surface area contributed by atoms with Crippen LogP contribution in [0.4, 0.5) is 13.2 Å². The van der Waals surface area contributed by atoms with E-state index in [1.165, 1.54) is 37.4 Å². The quantitative estimate of drug-likeness (QED) is 0.557. The number of hydrogen-bond acceptors (Lipinski definition) is 5. The van der Waals surface area contributed by atoms with Crippen molar-refractivity contribution in [1.29, 1.82) is 0 Å². The molecule has 2 aromatic carbocycles. The number of benzene rings is 2. The van der Waals surface area contributed by atoms with Crippen molar-refractivity contribution in [2.75, 3.05) is 7.11 Å². The molecule has 11 heteroatoms. The number of hydrogen-bond donors (Lipinski definition) is 1. The minimum absolute atomic E-state index is 0.105. The van der Waals surface area contributed by atoms with Gasteiger partial charge in [0.1, 0.15) is 16.8 Å². The largest absolute Gasteiger partial charge is 0.497 e. The second-order valence-electron chi connectivity index (χ2n) is 5.94. The van der Waals surface area contributed by atoms with Crippen LogP contribution < -0.4 is 9.88 Å². The van der Waals surface area contributed by atoms with Crippen molar-refractivity contribution in [3.8, 4) is 11.4 Å². The van der Waals surface area contributed by atoms with Crippen LogP contribution >= 0.6 is 0 Å². The lowest BCUT2D eigenvalue weighted by atomic mass is 10.2. The standard InChI is InChI=1S/C17H12F3N3O4S/c1-26-10-4-7-12-13(8-10)27-15-14(12)23(22-16(15)17(18,19)20)9-2-5-11(6-3-9)28(21,24)25/h2-8H,1H3,(H2,21,24,25). The Kier molecular flexibility index (Phi) is 3.91. The molecule has 0 spiro atoms. The van der Waals surface area contributed by atoms with Gasteiger partial charge in [0.15, 0.2) is 5.58 Å². The van der Waals surface area contributed by atoms with Gasteiger partial charge >= 0.3 is 6.18 Å². The minimum Gasteiger partial charge on any atom is -0.497 e. The van der Waals surface area contributed by atoms with Gasteiger partial charge in [0.2, 0.25) is 15.7 Å². The van der Waals surface area contributed by atoms with Crippen molar-refractivity contribution < 1.29 is 30.7 Å². The highest BCUT2D eigenvalue weighted by Crippen LogP contribution is 2.40. The first kappa shape index (κ1) is 18.3. The first-order chi connectivity index (χ1) is 13.1. The fourth-order valence-corrected chi connectivity index (χ4v) is 3.42. The summed E-state index contributed by atoms with van der Waals surface area (Å²) < 4.78 is 74.8. The van der Waals surface area contributed by atoms with Crippen LogP contribution in [0.5, 0.6) is 5.75 Å². The molecule has 7 nitrogen and oxygen atoms in total. The van der Waals surface area contributed by atoms with Crippen LogP contribution in [0.1, 0.15) is 5.69 Å². The molecule has 0 radical (unpaired) electrons. The topological polar surface area (TPSA) is 100 Å². The summed E-state index contributed by atoms with van der Waals surface area (Å²) in [6, 6.07) is 9.64. The van der Waals surface area contributed by atoms with Crippen molar-refractivity contribution in [2.45, 2.75) is 11.1 Å². The molecule has 0 unspecified atom stereocenters. The van der Waals surface area contributed by atoms with E-state index in [0.29, 0.717) is 11.1 Å². The highest BCUT2D eigenvalue weighted by atomic mass is 32.2. The summed E-state index contributed by atoms with van der Waals surface area (Å²) in [7, 11) is -2.51. The van der Waals surface area contributed by atoms with Crippen molar-refractivity contribution in [3.63, 3.8) is 0 Å². The summed E-state index contributed by atoms with van der Waals surface area (Å²) in [5, 5.41) is 9.12. The van der Waals surface area contributed by atoms with Gasteiger partial charge in [0.25, 0.3) is 0 Å². The number of aromatic nitrogens is 2. The van der Waals surface area contributed by atoms with E-state index in [1.54, 1.807) is 12.1 Å². The third-order valence-corrected chi connectivity index (χ3v) is 5.11. The van der Waals surface area contributed by atoms with E-state index in [4.69, 9.17) is 14.3 Å². The lowest BCUT2D eigenvalue weighted by molar-refractivity contribution is -0.140. The molecule has 146 valence electrons. The van der Waals surface area contributed by atoms with Gasteiger partial charge in [-0.15, -0.1) is 0 Å². The van der Waals surface area contributed by atoms with E-state index in [-0.39, 0.29) is 21.7 Å². The van der Waals surface area contributed by atoms with Crippen molar-refractivity contribution in [2.24, 2.45) is 5.14 Å². The summed E-state index contributed by atoms with van der Waals surface area (Å²) in [5.74, 6) is 0.425. The first-order valence-electron chi connectivity index (χ1n) is 7.79. The van der Waals surface area contributed by atoms with Crippen molar-refractivity contribution in [1.82, 2.24) is 9.78 Å². The highest BCUT2D eigenvalue weighted by molar-refractivity contribution is 7.89. The first-order valence-corrected chi connectivity index (χ1v) is 9.34. The maximum atomic E-state index is 13.5. The van der Waals surface area contributed by atoms with Crippen molar-refractivity contribution in [3.05, 3.63) is 48.2 Å². The number of alkyl halides is 3. The van der Waals surface area contributed by atoms with Gasteiger partial charge in [-0.2, -0.15) is 18.3 Å². The van der Waals surface area contributed by atoms with E-state index < -0.39 is 27.5 Å². The molecule has 0 saturated carbocycles. The fraction of sp³-hybridized carbons (Fsp3) is 0.118. The minimum atomic E-state index is -4.75. The molecule has 4 aromatic rings. The van der Waals surface area contributed by atoms with Crippen LogP contribution in [0.3, 0.4) is 0 Å². The predicted octanol–water partition coefficient (Wildman–Crippen LogP) is 3.45. The monoisotopic (exact) mass is 411 g/mol. The number of nitrogens with zero attached hydrogens (tertiary/aromatic N) is 2. The normalized spacial score (nSPS) is 12.8. The molecule has 0 fully saturated rings. The number of ether oxygens (including phenoxy) is 1. The molecular weight excluding hydrogens is 399 g/mol. The summed E-state index contributed by atoms with van der Waals surface area (Å²) in [5.41, 5.74) is -1.09. The number of primary sulfonamides is 1. The Labute approximate surface area is 156 Å². The van der Waals surface area contributed by atoms with E-state index in [9.17, 15) is 21.6 Å². The summed E-state index contributed by atoms with van der Waals surface area (Å²) in [6.07, 6.45) is -4.75. The number of furan rings is 1. The molecule has 0 amide bonds. The molecule has 0 saturated heterocycles. The summed E-state index contributed by atoms with van der Waals surface area (Å²) >= 11 is 0. The molecule has 2 heterocycles. The van der Waals surface area contributed by atoms with Gasteiger partial charge in [-0.25, -0.2) is 18.2 Å². The van der Waals surface area contributed by atoms with Gasteiger partial charge in [-0.05, 0) is 36.4 Å². The summed E-state index contributed by atoms with van der Waals surface area (Å²) in [4.78, 5) is -0.169. The van der Waals surface area contributed by atoms with Crippen LogP contribution in [0.25, 0.3) is 27.8 Å². The van der Waals surface area contributed by atoms with Gasteiger partial charge in [0, 0.05) is 11.5 Å². The Bertz CT molecular complexity index is 1310. The molecule has 0 bridgehead atoms. The molecule has 0 aliphatic rings. The lowest BCUT2D eigenvalue weighted by Gasteiger charge is -2.05. The van der Waals surface area contributed by atoms with E-state index in [2.05, 4.69) is 5.10 Å². The number of nitrogens with two attached hydrogens (primary N) is 1. The zero-order valence-corrected chi connectivity index (χ0v) is 15.0. The third kappa shape index (κ3) is 2.88. The van der Waals surface area contributed by atoms with Gasteiger partial charge in [0.05, 0.1) is 17.7 Å². The highest BCUT2D eigenvalue weighted by Gasteiger charge is 2.39. The predicted molar refractivity (Wildman–Crippen MR) is 93.8 cm³/mol. The molecule has 28 heavy (non-hydrogen) atoms. The Morgan fingerprint density at radius 3 is 2.39 bits per heavy atom. The maximum Gasteiger partial charge on any atom is 0.438 e. The smallest absolute Gasteiger partial charge is 0.438 e. The molecular formula is C17H12F3N3O4S. The number of rotatable bonds is 3. The molecule has 2 aromatic heterocycles. The fourth-order valence-electron chi connectivity index (χ4n) is 2.91. The average molecular weight is 411 g/mol. The molecule has 0 aliphatic heterocycles. The Hall–Kier alpha value is -3.05. The zero-order valence-electron chi connectivity index (χ0n) is 14.2. The molecule has 2 N–H and O–H groups in total. The van der Waals surface area contributed by atoms with Crippen molar-refractivity contribution >= 4 is 32.1 Å². The van der Waals surface area contributed by atoms with Gasteiger partial charge in [-0.1, -0.05) is 0 Å². The number of halogens is 3. The summed E-state index contributed by atoms with van der Waals surface area (Å²) in [6.45, 7) is 0. The number of methoxy groups -OCH3 is 1. The molecule has 4 rings (SSSR count). The average Bonchev–Trinajstić information content (AvgIpc) is 3.17. The molecule has 0 atom stereocenters. The number of sulfonamides is 1. The third-order valence-electron chi connectivity index (χ3n) is 4.18. The number of fused-ring (bicyclic) bond motifs is 3. The van der Waals surface area contributed by atoms with Crippen LogP contribution in [0.15, 0.2) is 51.8 Å². The second kappa shape index (κ2) is 5.97. The van der Waals surface area contributed by atoms with E-state index >= 15 is 0 Å². The van der Waals surface area contributed by atoms with E-state index in [1.807, 2.05) is 0 Å². The Morgan fingerprint density at radius 2 is 1.82 bits per heavy atom. The van der Waals surface area contributed by atoms with E-state index in [0.717, 1.165) is 4.68 Å². The van der Waals surface area contributed by atoms with Gasteiger partial charge in [-0.3, -0.25) is 0 Å². The van der Waals surface area contributed by atoms with Gasteiger partial charge < -0.3 is 9.15 Å². The Balaban J connectivity index is 2.02. The van der Waals surface area contributed by atoms with Crippen LogP contribution in [0.2, 0.25) is 0 Å². The maximum absolute atomic E-state index is 13.5. The second-order valence-corrected chi connectivity index (χ2v) is 7.50. The molecule has 0 aliphatic carbocycles.